The molecule has 0 aliphatic carbocycles. The first-order valence-electron chi connectivity index (χ1n) is 11.5. The van der Waals surface area contributed by atoms with E-state index in [1.54, 1.807) is 21.8 Å². The molecule has 0 N–H and O–H groups in total. The fourth-order valence-corrected chi connectivity index (χ4v) is 5.96. The topological polar surface area (TPSA) is 63.0 Å². The predicted molar refractivity (Wildman–Crippen MR) is 121 cm³/mol. The maximum absolute atomic E-state index is 14.2. The van der Waals surface area contributed by atoms with Gasteiger partial charge in [0.1, 0.15) is 17.7 Å². The van der Waals surface area contributed by atoms with E-state index in [1.165, 1.54) is 31.0 Å². The van der Waals surface area contributed by atoms with Crippen LogP contribution in [-0.2, 0) is 13.1 Å². The molecule has 0 unspecified atom stereocenters. The third-order valence-electron chi connectivity index (χ3n) is 7.27. The first-order chi connectivity index (χ1) is 16.0. The van der Waals surface area contributed by atoms with E-state index >= 15 is 0 Å². The monoisotopic (exact) mass is 469 g/mol. The summed E-state index contributed by atoms with van der Waals surface area (Å²) in [6.45, 7) is 4.00. The molecule has 3 aliphatic rings. The van der Waals surface area contributed by atoms with E-state index in [0.717, 1.165) is 30.6 Å². The third kappa shape index (κ3) is 3.56. The molecule has 1 aromatic carbocycles. The van der Waals surface area contributed by atoms with Crippen LogP contribution in [0.25, 0.3) is 5.65 Å². The number of hydrogen-bond acceptors (Lipinski definition) is 5. The Balaban J connectivity index is 1.23. The molecule has 1 amide bonds. The van der Waals surface area contributed by atoms with Crippen molar-refractivity contribution in [2.75, 3.05) is 6.54 Å². The van der Waals surface area contributed by atoms with Gasteiger partial charge in [-0.25, -0.2) is 13.9 Å². The van der Waals surface area contributed by atoms with Gasteiger partial charge in [-0.15, -0.1) is 0 Å². The van der Waals surface area contributed by atoms with Gasteiger partial charge in [0.05, 0.1) is 35.6 Å². The lowest BCUT2D eigenvalue weighted by Gasteiger charge is -2.38. The standard InChI is InChI=1S/C24H25ClFN5O2/c1-2-30-16-4-5-17(30)9-18(8-16)33-22-7-15(26)3-6-19(22)24(32)29-12-20-21(13-29)28-31-11-14(25)10-27-23(20)31/h3,6-7,10-11,16-18H,2,4-5,8-9,12-13H2,1H3/t16-,17+,18+. The molecule has 2 bridgehead atoms. The van der Waals surface area contributed by atoms with Crippen LogP contribution in [0.1, 0.15) is 54.2 Å². The van der Waals surface area contributed by atoms with Crippen molar-refractivity contribution in [2.24, 2.45) is 0 Å². The number of nitrogens with zero attached hydrogens (tertiary/aromatic N) is 5. The summed E-state index contributed by atoms with van der Waals surface area (Å²) < 4.78 is 22.1. The molecular weight excluding hydrogens is 445 g/mol. The lowest BCUT2D eigenvalue weighted by atomic mass is 9.99. The predicted octanol–water partition coefficient (Wildman–Crippen LogP) is 4.07. The molecule has 7 nitrogen and oxygen atoms in total. The number of rotatable bonds is 4. The minimum Gasteiger partial charge on any atom is -0.489 e. The second kappa shape index (κ2) is 7.95. The van der Waals surface area contributed by atoms with Crippen molar-refractivity contribution >= 4 is 23.2 Å². The minimum absolute atomic E-state index is 0.00687. The zero-order valence-electron chi connectivity index (χ0n) is 18.4. The normalized spacial score (nSPS) is 24.5. The first-order valence-corrected chi connectivity index (χ1v) is 11.9. The molecule has 3 aliphatic heterocycles. The van der Waals surface area contributed by atoms with Crippen LogP contribution >= 0.6 is 11.6 Å². The number of hydrogen-bond donors (Lipinski definition) is 0. The van der Waals surface area contributed by atoms with Gasteiger partial charge in [0.15, 0.2) is 5.65 Å². The molecule has 9 heteroatoms. The van der Waals surface area contributed by atoms with Gasteiger partial charge in [0, 0.05) is 29.9 Å². The van der Waals surface area contributed by atoms with Gasteiger partial charge in [-0.1, -0.05) is 18.5 Å². The minimum atomic E-state index is -0.404. The van der Waals surface area contributed by atoms with Crippen LogP contribution in [0.3, 0.4) is 0 Å². The van der Waals surface area contributed by atoms with Crippen LogP contribution in [0.15, 0.2) is 30.6 Å². The fraction of sp³-hybridized carbons (Fsp3) is 0.458. The lowest BCUT2D eigenvalue weighted by Crippen LogP contribution is -2.46. The second-order valence-corrected chi connectivity index (χ2v) is 9.63. The third-order valence-corrected chi connectivity index (χ3v) is 7.47. The number of carbonyl (C=O) groups is 1. The fourth-order valence-electron chi connectivity index (χ4n) is 5.82. The van der Waals surface area contributed by atoms with Crippen molar-refractivity contribution in [1.82, 2.24) is 24.4 Å². The van der Waals surface area contributed by atoms with E-state index in [9.17, 15) is 9.18 Å². The van der Waals surface area contributed by atoms with Crippen molar-refractivity contribution in [1.29, 1.82) is 0 Å². The number of halogens is 2. The van der Waals surface area contributed by atoms with E-state index in [4.69, 9.17) is 16.3 Å². The van der Waals surface area contributed by atoms with Gasteiger partial charge in [0.2, 0.25) is 0 Å². The Bertz CT molecular complexity index is 1230. The highest BCUT2D eigenvalue weighted by molar-refractivity contribution is 6.30. The SMILES string of the molecule is CCN1[C@@H]2CC[C@H]1C[C@@H](Oc1cc(F)ccc1C(=O)N1Cc3nn4cc(Cl)cnc4c3C1)C2. The Morgan fingerprint density at radius 1 is 1.24 bits per heavy atom. The van der Waals surface area contributed by atoms with E-state index in [1.807, 2.05) is 0 Å². The molecule has 6 rings (SSSR count). The molecule has 0 radical (unpaired) electrons. The zero-order chi connectivity index (χ0) is 22.7. The van der Waals surface area contributed by atoms with Crippen molar-refractivity contribution in [2.45, 2.75) is 63.9 Å². The molecule has 0 saturated carbocycles. The molecule has 3 atom stereocenters. The van der Waals surface area contributed by atoms with Crippen molar-refractivity contribution < 1.29 is 13.9 Å². The van der Waals surface area contributed by atoms with Crippen LogP contribution in [0.2, 0.25) is 5.02 Å². The zero-order valence-corrected chi connectivity index (χ0v) is 19.1. The summed E-state index contributed by atoms with van der Waals surface area (Å²) in [5, 5.41) is 5.03. The van der Waals surface area contributed by atoms with Gasteiger partial charge in [-0.05, 0) is 44.4 Å². The van der Waals surface area contributed by atoms with Gasteiger partial charge in [-0.2, -0.15) is 5.10 Å². The average molecular weight is 470 g/mol. The van der Waals surface area contributed by atoms with Crippen LogP contribution in [0.5, 0.6) is 5.75 Å². The molecule has 2 fully saturated rings. The number of benzene rings is 1. The van der Waals surface area contributed by atoms with Crippen LogP contribution in [0, 0.1) is 5.82 Å². The quantitative estimate of drug-likeness (QED) is 0.576. The van der Waals surface area contributed by atoms with Crippen molar-refractivity contribution in [3.63, 3.8) is 0 Å². The lowest BCUT2D eigenvalue weighted by molar-refractivity contribution is 0.0511. The Morgan fingerprint density at radius 3 is 2.79 bits per heavy atom. The summed E-state index contributed by atoms with van der Waals surface area (Å²) in [5.41, 5.74) is 2.79. The smallest absolute Gasteiger partial charge is 0.258 e. The van der Waals surface area contributed by atoms with Crippen LogP contribution < -0.4 is 4.74 Å². The van der Waals surface area contributed by atoms with E-state index in [2.05, 4.69) is 21.9 Å². The Hall–Kier alpha value is -2.71. The first kappa shape index (κ1) is 20.9. The summed E-state index contributed by atoms with van der Waals surface area (Å²) >= 11 is 6.01. The Morgan fingerprint density at radius 2 is 2.03 bits per heavy atom. The molecule has 5 heterocycles. The van der Waals surface area contributed by atoms with Crippen LogP contribution in [0.4, 0.5) is 4.39 Å². The maximum atomic E-state index is 14.2. The van der Waals surface area contributed by atoms with Gasteiger partial charge in [0.25, 0.3) is 5.91 Å². The second-order valence-electron chi connectivity index (χ2n) is 9.19. The number of aromatic nitrogens is 3. The number of amides is 1. The molecule has 2 saturated heterocycles. The van der Waals surface area contributed by atoms with E-state index in [-0.39, 0.29) is 12.0 Å². The highest BCUT2D eigenvalue weighted by Gasteiger charge is 2.41. The summed E-state index contributed by atoms with van der Waals surface area (Å²) in [5.74, 6) is -0.263. The van der Waals surface area contributed by atoms with E-state index < -0.39 is 5.82 Å². The summed E-state index contributed by atoms with van der Waals surface area (Å²) in [7, 11) is 0. The molecule has 172 valence electrons. The molecule has 33 heavy (non-hydrogen) atoms. The number of fused-ring (bicyclic) bond motifs is 5. The number of ether oxygens (including phenoxy) is 1. The maximum Gasteiger partial charge on any atom is 0.258 e. The van der Waals surface area contributed by atoms with Crippen molar-refractivity contribution in [3.05, 3.63) is 58.3 Å². The highest BCUT2D eigenvalue weighted by Crippen LogP contribution is 2.38. The molecule has 3 aromatic rings. The molecular formula is C24H25ClFN5O2. The highest BCUT2D eigenvalue weighted by atomic mass is 35.5. The average Bonchev–Trinajstić information content (AvgIpc) is 3.42. The van der Waals surface area contributed by atoms with Gasteiger partial charge in [-0.3, -0.25) is 9.69 Å². The summed E-state index contributed by atoms with van der Waals surface area (Å²) in [6.07, 6.45) is 7.46. The van der Waals surface area contributed by atoms with E-state index in [0.29, 0.717) is 47.2 Å². The largest absolute Gasteiger partial charge is 0.489 e. The number of piperidine rings is 1. The van der Waals surface area contributed by atoms with Crippen LogP contribution in [-0.4, -0.2) is 55.0 Å². The Kier molecular flexibility index (Phi) is 5.03. The summed E-state index contributed by atoms with van der Waals surface area (Å²) in [6, 6.07) is 5.22. The van der Waals surface area contributed by atoms with Gasteiger partial charge >= 0.3 is 0 Å². The van der Waals surface area contributed by atoms with Gasteiger partial charge < -0.3 is 9.64 Å². The molecule has 0 spiro atoms. The van der Waals surface area contributed by atoms with Crippen molar-refractivity contribution in [3.8, 4) is 5.75 Å². The molecule has 2 aromatic heterocycles. The summed E-state index contributed by atoms with van der Waals surface area (Å²) in [4.78, 5) is 22.1. The number of carbonyl (C=O) groups excluding carboxylic acids is 1. The Labute approximate surface area is 196 Å².